The molecule has 0 saturated heterocycles. The Morgan fingerprint density at radius 1 is 1.10 bits per heavy atom. The average Bonchev–Trinajstić information content (AvgIpc) is 3.16. The van der Waals surface area contributed by atoms with Crippen LogP contribution < -0.4 is 15.4 Å². The highest BCUT2D eigenvalue weighted by Gasteiger charge is 2.28. The van der Waals surface area contributed by atoms with Crippen LogP contribution in [-0.2, 0) is 13.0 Å². The summed E-state index contributed by atoms with van der Waals surface area (Å²) in [5.74, 6) is 1.82. The lowest BCUT2D eigenvalue weighted by Crippen LogP contribution is -2.37. The number of nitrogens with one attached hydrogen (secondary N) is 3. The number of aromatic amines is 1. The minimum atomic E-state index is -4.35. The summed E-state index contributed by atoms with van der Waals surface area (Å²) < 4.78 is 41.4. The highest BCUT2D eigenvalue weighted by molar-refractivity contribution is 5.79. The van der Waals surface area contributed by atoms with Gasteiger partial charge in [-0.15, -0.1) is 0 Å². The van der Waals surface area contributed by atoms with Gasteiger partial charge in [-0.25, -0.2) is 9.98 Å². The molecule has 0 radical (unpaired) electrons. The maximum Gasteiger partial charge on any atom is 0.422 e. The van der Waals surface area contributed by atoms with Crippen LogP contribution in [0.4, 0.5) is 13.2 Å². The van der Waals surface area contributed by atoms with Gasteiger partial charge in [-0.1, -0.05) is 24.3 Å². The molecule has 0 bridgehead atoms. The standard InChI is InChI=1S/C22H26F3N5O/c1-2-26-21(27-13-5-8-20-29-18-6-3-4-7-19(18)30-20)28-14-16-9-11-17(12-10-16)31-15-22(23,24)25/h3-4,6-7,9-12H,2,5,8,13-15H2,1H3,(H,29,30)(H2,26,27,28). The lowest BCUT2D eigenvalue weighted by atomic mass is 10.2. The Balaban J connectivity index is 1.45. The van der Waals surface area contributed by atoms with Crippen molar-refractivity contribution in [1.29, 1.82) is 0 Å². The molecule has 0 aliphatic rings. The molecule has 6 nitrogen and oxygen atoms in total. The van der Waals surface area contributed by atoms with E-state index in [4.69, 9.17) is 4.74 Å². The van der Waals surface area contributed by atoms with Crippen molar-refractivity contribution in [1.82, 2.24) is 20.6 Å². The van der Waals surface area contributed by atoms with E-state index < -0.39 is 12.8 Å². The molecule has 0 aliphatic heterocycles. The summed E-state index contributed by atoms with van der Waals surface area (Å²) >= 11 is 0. The van der Waals surface area contributed by atoms with E-state index in [1.54, 1.807) is 12.1 Å². The zero-order chi connectivity index (χ0) is 22.1. The quantitative estimate of drug-likeness (QED) is 0.269. The highest BCUT2D eigenvalue weighted by atomic mass is 19.4. The molecule has 3 aromatic rings. The molecular weight excluding hydrogens is 407 g/mol. The number of benzene rings is 2. The molecule has 9 heteroatoms. The SMILES string of the molecule is CCNC(=NCc1ccc(OCC(F)(F)F)cc1)NCCCc1nc2ccccc2[nH]1. The number of H-pyrrole nitrogens is 1. The molecule has 0 unspecified atom stereocenters. The van der Waals surface area contributed by atoms with Crippen molar-refractivity contribution in [3.8, 4) is 5.75 Å². The second kappa shape index (κ2) is 10.7. The minimum absolute atomic E-state index is 0.181. The topological polar surface area (TPSA) is 74.3 Å². The number of halogens is 3. The number of fused-ring (bicyclic) bond motifs is 1. The number of imidazole rings is 1. The first-order valence-electron chi connectivity index (χ1n) is 10.2. The molecule has 1 heterocycles. The fourth-order valence-corrected chi connectivity index (χ4v) is 2.96. The molecule has 0 amide bonds. The Morgan fingerprint density at radius 2 is 1.87 bits per heavy atom. The van der Waals surface area contributed by atoms with Crippen LogP contribution in [0.5, 0.6) is 5.75 Å². The number of hydrogen-bond acceptors (Lipinski definition) is 3. The van der Waals surface area contributed by atoms with Gasteiger partial charge in [0, 0.05) is 19.5 Å². The largest absolute Gasteiger partial charge is 0.484 e. The summed E-state index contributed by atoms with van der Waals surface area (Å²) in [6, 6.07) is 14.4. The van der Waals surface area contributed by atoms with E-state index in [-0.39, 0.29) is 5.75 Å². The smallest absolute Gasteiger partial charge is 0.422 e. The number of rotatable bonds is 9. The van der Waals surface area contributed by atoms with Crippen molar-refractivity contribution in [3.63, 3.8) is 0 Å². The van der Waals surface area contributed by atoms with Gasteiger partial charge in [0.1, 0.15) is 11.6 Å². The van der Waals surface area contributed by atoms with Gasteiger partial charge in [0.05, 0.1) is 17.6 Å². The van der Waals surface area contributed by atoms with Crippen LogP contribution in [0.2, 0.25) is 0 Å². The van der Waals surface area contributed by atoms with Gasteiger partial charge in [0.15, 0.2) is 12.6 Å². The zero-order valence-corrected chi connectivity index (χ0v) is 17.3. The van der Waals surface area contributed by atoms with E-state index in [9.17, 15) is 13.2 Å². The van der Waals surface area contributed by atoms with Gasteiger partial charge in [-0.3, -0.25) is 0 Å². The molecular formula is C22H26F3N5O. The molecule has 1 aromatic heterocycles. The van der Waals surface area contributed by atoms with Crippen LogP contribution in [0.3, 0.4) is 0 Å². The van der Waals surface area contributed by atoms with Crippen LogP contribution in [0.15, 0.2) is 53.5 Å². The number of nitrogens with zero attached hydrogens (tertiary/aromatic N) is 2. The molecule has 0 atom stereocenters. The van der Waals surface area contributed by atoms with Gasteiger partial charge in [0.25, 0.3) is 0 Å². The Kier molecular flexibility index (Phi) is 7.75. The summed E-state index contributed by atoms with van der Waals surface area (Å²) in [7, 11) is 0. The number of guanidine groups is 1. The summed E-state index contributed by atoms with van der Waals surface area (Å²) in [5, 5.41) is 6.48. The Labute approximate surface area is 178 Å². The maximum atomic E-state index is 12.2. The van der Waals surface area contributed by atoms with Crippen molar-refractivity contribution in [2.45, 2.75) is 32.5 Å². The summed E-state index contributed by atoms with van der Waals surface area (Å²) in [4.78, 5) is 12.4. The third-order valence-electron chi connectivity index (χ3n) is 4.41. The number of hydrogen-bond donors (Lipinski definition) is 3. The van der Waals surface area contributed by atoms with Crippen LogP contribution >= 0.6 is 0 Å². The van der Waals surface area contributed by atoms with E-state index in [1.807, 2.05) is 31.2 Å². The third-order valence-corrected chi connectivity index (χ3v) is 4.41. The number of ether oxygens (including phenoxy) is 1. The van der Waals surface area contributed by atoms with Gasteiger partial charge in [-0.05, 0) is 43.2 Å². The maximum absolute atomic E-state index is 12.2. The lowest BCUT2D eigenvalue weighted by molar-refractivity contribution is -0.153. The van der Waals surface area contributed by atoms with Crippen molar-refractivity contribution in [2.75, 3.05) is 19.7 Å². The van der Waals surface area contributed by atoms with Crippen molar-refractivity contribution >= 4 is 17.0 Å². The fourth-order valence-electron chi connectivity index (χ4n) is 2.96. The Bertz CT molecular complexity index is 950. The number of aryl methyl sites for hydroxylation is 1. The minimum Gasteiger partial charge on any atom is -0.484 e. The van der Waals surface area contributed by atoms with E-state index in [1.165, 1.54) is 12.1 Å². The van der Waals surface area contributed by atoms with Crippen LogP contribution in [-0.4, -0.2) is 41.8 Å². The van der Waals surface area contributed by atoms with Gasteiger partial charge < -0.3 is 20.4 Å². The molecule has 31 heavy (non-hydrogen) atoms. The first kappa shape index (κ1) is 22.5. The highest BCUT2D eigenvalue weighted by Crippen LogP contribution is 2.19. The Hall–Kier alpha value is -3.23. The average molecular weight is 433 g/mol. The number of alkyl halides is 3. The summed E-state index contributed by atoms with van der Waals surface area (Å²) in [6.45, 7) is 2.54. The fraction of sp³-hybridized carbons (Fsp3) is 0.364. The number of para-hydroxylation sites is 2. The molecule has 0 saturated carbocycles. The molecule has 3 rings (SSSR count). The molecule has 0 fully saturated rings. The summed E-state index contributed by atoms with van der Waals surface area (Å²) in [5.41, 5.74) is 2.88. The molecule has 0 aliphatic carbocycles. The van der Waals surface area contributed by atoms with Gasteiger partial charge in [0.2, 0.25) is 0 Å². The number of aromatic nitrogens is 2. The first-order chi connectivity index (χ1) is 14.9. The van der Waals surface area contributed by atoms with E-state index in [2.05, 4.69) is 25.6 Å². The van der Waals surface area contributed by atoms with Crippen molar-refractivity contribution in [3.05, 3.63) is 59.9 Å². The van der Waals surface area contributed by atoms with E-state index in [0.717, 1.165) is 48.4 Å². The normalized spacial score (nSPS) is 12.2. The summed E-state index contributed by atoms with van der Waals surface area (Å²) in [6.07, 6.45) is -2.64. The molecule has 166 valence electrons. The molecule has 2 aromatic carbocycles. The second-order valence-corrected chi connectivity index (χ2v) is 6.97. The van der Waals surface area contributed by atoms with Gasteiger partial charge in [-0.2, -0.15) is 13.2 Å². The van der Waals surface area contributed by atoms with Crippen molar-refractivity contribution < 1.29 is 17.9 Å². The zero-order valence-electron chi connectivity index (χ0n) is 17.3. The monoisotopic (exact) mass is 433 g/mol. The van der Waals surface area contributed by atoms with Crippen molar-refractivity contribution in [2.24, 2.45) is 4.99 Å². The lowest BCUT2D eigenvalue weighted by Gasteiger charge is -2.11. The predicted octanol–water partition coefficient (Wildman–Crippen LogP) is 4.19. The molecule has 0 spiro atoms. The van der Waals surface area contributed by atoms with Crippen LogP contribution in [0, 0.1) is 0 Å². The molecule has 3 N–H and O–H groups in total. The number of aliphatic imine (C=N–C) groups is 1. The van der Waals surface area contributed by atoms with Crippen LogP contribution in [0.1, 0.15) is 24.7 Å². The Morgan fingerprint density at radius 3 is 2.58 bits per heavy atom. The second-order valence-electron chi connectivity index (χ2n) is 6.97. The van der Waals surface area contributed by atoms with Gasteiger partial charge >= 0.3 is 6.18 Å². The first-order valence-corrected chi connectivity index (χ1v) is 10.2. The van der Waals surface area contributed by atoms with E-state index >= 15 is 0 Å². The van der Waals surface area contributed by atoms with Crippen LogP contribution in [0.25, 0.3) is 11.0 Å². The predicted molar refractivity (Wildman–Crippen MR) is 115 cm³/mol. The van der Waals surface area contributed by atoms with E-state index in [0.29, 0.717) is 12.5 Å². The third kappa shape index (κ3) is 7.51.